The lowest BCUT2D eigenvalue weighted by Gasteiger charge is -2.37. The van der Waals surface area contributed by atoms with Crippen LogP contribution >= 0.6 is 0 Å². The Kier molecular flexibility index (Phi) is 2.48. The molecule has 80 valence electrons. The molecule has 2 saturated heterocycles. The Morgan fingerprint density at radius 3 is 2.14 bits per heavy atom. The summed E-state index contributed by atoms with van der Waals surface area (Å²) in [6.45, 7) is 4.50. The largest absolute Gasteiger partial charge is 0.378 e. The van der Waals surface area contributed by atoms with Gasteiger partial charge < -0.3 is 15.0 Å². The van der Waals surface area contributed by atoms with Gasteiger partial charge in [-0.1, -0.05) is 0 Å². The highest BCUT2D eigenvalue weighted by atomic mass is 16.5. The molecule has 3 fully saturated rings. The highest BCUT2D eigenvalue weighted by Crippen LogP contribution is 2.29. The highest BCUT2D eigenvalue weighted by molar-refractivity contribution is 4.90. The fourth-order valence-corrected chi connectivity index (χ4v) is 2.54. The molecule has 0 radical (unpaired) electrons. The van der Waals surface area contributed by atoms with Gasteiger partial charge in [0.2, 0.25) is 0 Å². The Bertz CT molecular complexity index is 193. The van der Waals surface area contributed by atoms with Crippen LogP contribution in [0.2, 0.25) is 0 Å². The highest BCUT2D eigenvalue weighted by Gasteiger charge is 2.32. The van der Waals surface area contributed by atoms with Crippen LogP contribution in [-0.2, 0) is 4.74 Å². The van der Waals surface area contributed by atoms with Crippen LogP contribution in [0.3, 0.4) is 0 Å². The molecule has 2 heterocycles. The second-order valence-corrected chi connectivity index (χ2v) is 4.94. The zero-order valence-electron chi connectivity index (χ0n) is 8.74. The van der Waals surface area contributed by atoms with E-state index in [2.05, 4.69) is 10.2 Å². The van der Waals surface area contributed by atoms with Crippen LogP contribution in [0.15, 0.2) is 0 Å². The van der Waals surface area contributed by atoms with E-state index in [-0.39, 0.29) is 0 Å². The molecule has 0 aromatic carbocycles. The van der Waals surface area contributed by atoms with Gasteiger partial charge in [-0.25, -0.2) is 0 Å². The fraction of sp³-hybridized carbons (Fsp3) is 1.00. The molecular formula is C11H20N2O. The third kappa shape index (κ3) is 1.95. The van der Waals surface area contributed by atoms with Gasteiger partial charge >= 0.3 is 0 Å². The lowest BCUT2D eigenvalue weighted by atomic mass is 10.0. The smallest absolute Gasteiger partial charge is 0.0643 e. The van der Waals surface area contributed by atoms with Crippen molar-refractivity contribution >= 4 is 0 Å². The first-order chi connectivity index (χ1) is 6.92. The van der Waals surface area contributed by atoms with Gasteiger partial charge in [0.15, 0.2) is 0 Å². The first kappa shape index (κ1) is 9.13. The predicted octanol–water partition coefficient (Wildman–Crippen LogP) is 0.602. The van der Waals surface area contributed by atoms with Crippen molar-refractivity contribution in [3.05, 3.63) is 0 Å². The topological polar surface area (TPSA) is 24.5 Å². The zero-order chi connectivity index (χ0) is 9.38. The van der Waals surface area contributed by atoms with Gasteiger partial charge in [0, 0.05) is 12.1 Å². The van der Waals surface area contributed by atoms with Gasteiger partial charge in [-0.05, 0) is 38.8 Å². The Labute approximate surface area is 85.8 Å². The Morgan fingerprint density at radius 2 is 1.64 bits per heavy atom. The van der Waals surface area contributed by atoms with Crippen molar-refractivity contribution in [1.82, 2.24) is 10.2 Å². The first-order valence-electron chi connectivity index (χ1n) is 5.99. The summed E-state index contributed by atoms with van der Waals surface area (Å²) in [5.74, 6) is 0. The molecule has 14 heavy (non-hydrogen) atoms. The van der Waals surface area contributed by atoms with Crippen molar-refractivity contribution in [2.75, 3.05) is 26.3 Å². The average Bonchev–Trinajstić information content (AvgIpc) is 2.96. The van der Waals surface area contributed by atoms with Gasteiger partial charge in [0.05, 0.1) is 19.3 Å². The van der Waals surface area contributed by atoms with Crippen LogP contribution in [-0.4, -0.2) is 49.3 Å². The molecule has 2 aliphatic heterocycles. The van der Waals surface area contributed by atoms with Gasteiger partial charge in [-0.2, -0.15) is 0 Å². The molecule has 0 unspecified atom stereocenters. The SMILES string of the molecule is C1CN(C2CC2)CCC1NC1COC1. The molecule has 3 heteroatoms. The van der Waals surface area contributed by atoms with Gasteiger partial charge in [-0.15, -0.1) is 0 Å². The summed E-state index contributed by atoms with van der Waals surface area (Å²) in [6.07, 6.45) is 5.59. The van der Waals surface area contributed by atoms with E-state index in [1.807, 2.05) is 0 Å². The normalized spacial score (nSPS) is 31.7. The maximum Gasteiger partial charge on any atom is 0.0643 e. The maximum atomic E-state index is 5.17. The third-order valence-corrected chi connectivity index (χ3v) is 3.70. The summed E-state index contributed by atoms with van der Waals surface area (Å²) < 4.78 is 5.17. The Balaban J connectivity index is 1.40. The van der Waals surface area contributed by atoms with Crippen molar-refractivity contribution in [3.8, 4) is 0 Å². The molecule has 0 aromatic rings. The summed E-state index contributed by atoms with van der Waals surface area (Å²) in [7, 11) is 0. The quantitative estimate of drug-likeness (QED) is 0.715. The molecule has 0 aromatic heterocycles. The van der Waals surface area contributed by atoms with Crippen LogP contribution < -0.4 is 5.32 Å². The predicted molar refractivity (Wildman–Crippen MR) is 55.4 cm³/mol. The van der Waals surface area contributed by atoms with Crippen LogP contribution in [0.4, 0.5) is 0 Å². The number of hydrogen-bond donors (Lipinski definition) is 1. The number of rotatable bonds is 3. The molecule has 0 amide bonds. The number of hydrogen-bond acceptors (Lipinski definition) is 3. The van der Waals surface area contributed by atoms with Crippen molar-refractivity contribution in [3.63, 3.8) is 0 Å². The van der Waals surface area contributed by atoms with E-state index in [4.69, 9.17) is 4.74 Å². The molecule has 3 rings (SSSR count). The average molecular weight is 196 g/mol. The van der Waals surface area contributed by atoms with Gasteiger partial charge in [0.25, 0.3) is 0 Å². The maximum absolute atomic E-state index is 5.17. The number of piperidine rings is 1. The van der Waals surface area contributed by atoms with E-state index < -0.39 is 0 Å². The molecule has 0 bridgehead atoms. The standard InChI is InChI=1S/C11H20N2O/c1-2-11(1)13-5-3-9(4-6-13)12-10-7-14-8-10/h9-12H,1-8H2. The van der Waals surface area contributed by atoms with E-state index in [0.29, 0.717) is 6.04 Å². The van der Waals surface area contributed by atoms with E-state index in [1.165, 1.54) is 38.8 Å². The Morgan fingerprint density at radius 1 is 0.929 bits per heavy atom. The molecule has 0 atom stereocenters. The molecule has 3 aliphatic rings. The minimum Gasteiger partial charge on any atom is -0.378 e. The van der Waals surface area contributed by atoms with Crippen LogP contribution in [0.5, 0.6) is 0 Å². The number of nitrogens with one attached hydrogen (secondary N) is 1. The minimum atomic E-state index is 0.660. The summed E-state index contributed by atoms with van der Waals surface area (Å²) in [5, 5.41) is 3.68. The van der Waals surface area contributed by atoms with Crippen molar-refractivity contribution in [2.24, 2.45) is 0 Å². The monoisotopic (exact) mass is 196 g/mol. The lowest BCUT2D eigenvalue weighted by molar-refractivity contribution is -0.0137. The van der Waals surface area contributed by atoms with Crippen molar-refractivity contribution in [2.45, 2.75) is 43.8 Å². The molecule has 1 saturated carbocycles. The Hall–Kier alpha value is -0.120. The second-order valence-electron chi connectivity index (χ2n) is 4.94. The molecule has 0 spiro atoms. The van der Waals surface area contributed by atoms with E-state index in [1.54, 1.807) is 0 Å². The third-order valence-electron chi connectivity index (χ3n) is 3.70. The number of ether oxygens (including phenoxy) is 1. The molecule has 3 nitrogen and oxygen atoms in total. The summed E-state index contributed by atoms with van der Waals surface area (Å²) in [5.41, 5.74) is 0. The molecule has 1 aliphatic carbocycles. The van der Waals surface area contributed by atoms with E-state index >= 15 is 0 Å². The van der Waals surface area contributed by atoms with Crippen LogP contribution in [0, 0.1) is 0 Å². The zero-order valence-corrected chi connectivity index (χ0v) is 8.74. The second kappa shape index (κ2) is 3.80. The fourth-order valence-electron chi connectivity index (χ4n) is 2.54. The summed E-state index contributed by atoms with van der Waals surface area (Å²) >= 11 is 0. The van der Waals surface area contributed by atoms with Crippen LogP contribution in [0.1, 0.15) is 25.7 Å². The van der Waals surface area contributed by atoms with Crippen LogP contribution in [0.25, 0.3) is 0 Å². The minimum absolute atomic E-state index is 0.660. The van der Waals surface area contributed by atoms with Crippen molar-refractivity contribution < 1.29 is 4.74 Å². The van der Waals surface area contributed by atoms with Gasteiger partial charge in [0.1, 0.15) is 0 Å². The first-order valence-corrected chi connectivity index (χ1v) is 5.99. The van der Waals surface area contributed by atoms with E-state index in [0.717, 1.165) is 25.3 Å². The number of likely N-dealkylation sites (tertiary alicyclic amines) is 1. The van der Waals surface area contributed by atoms with E-state index in [9.17, 15) is 0 Å². The summed E-state index contributed by atoms with van der Waals surface area (Å²) in [6, 6.07) is 2.38. The van der Waals surface area contributed by atoms with Crippen molar-refractivity contribution in [1.29, 1.82) is 0 Å². The number of nitrogens with zero attached hydrogens (tertiary/aromatic N) is 1. The molecular weight excluding hydrogens is 176 g/mol. The van der Waals surface area contributed by atoms with Gasteiger partial charge in [-0.3, -0.25) is 0 Å². The summed E-state index contributed by atoms with van der Waals surface area (Å²) in [4.78, 5) is 2.68. The molecule has 1 N–H and O–H groups in total. The lowest BCUT2D eigenvalue weighted by Crippen LogP contribution is -2.53.